The second-order valence-electron chi connectivity index (χ2n) is 13.3. The van der Waals surface area contributed by atoms with E-state index in [4.69, 9.17) is 24.9 Å². The first kappa shape index (κ1) is 32.5. The van der Waals surface area contributed by atoms with Crippen LogP contribution in [0.2, 0.25) is 0 Å². The van der Waals surface area contributed by atoms with Gasteiger partial charge in [0.25, 0.3) is 0 Å². The fourth-order valence-corrected chi connectivity index (χ4v) is 8.16. The van der Waals surface area contributed by atoms with Gasteiger partial charge in [-0.05, 0) is 35.4 Å². The Morgan fingerprint density at radius 1 is 0.273 bits per heavy atom. The molecule has 5 nitrogen and oxygen atoms in total. The van der Waals surface area contributed by atoms with Gasteiger partial charge in [0.2, 0.25) is 0 Å². The van der Waals surface area contributed by atoms with Crippen LogP contribution in [0, 0.1) is 0 Å². The predicted octanol–water partition coefficient (Wildman–Crippen LogP) is 12.7. The van der Waals surface area contributed by atoms with E-state index in [1.807, 2.05) is 97.1 Å². The van der Waals surface area contributed by atoms with Gasteiger partial charge in [-0.25, -0.2) is 24.9 Å². The smallest absolute Gasteiger partial charge is 0.164 e. The molecule has 3 heterocycles. The van der Waals surface area contributed by atoms with Crippen LogP contribution in [0.3, 0.4) is 0 Å². The Hall–Kier alpha value is -7.15. The molecule has 0 spiro atoms. The number of rotatable bonds is 7. The maximum Gasteiger partial charge on any atom is 0.164 e. The Bertz CT molecular complexity index is 2850. The normalized spacial score (nSPS) is 11.3. The van der Waals surface area contributed by atoms with Gasteiger partial charge in [-0.2, -0.15) is 0 Å². The van der Waals surface area contributed by atoms with Crippen molar-refractivity contribution in [1.29, 1.82) is 0 Å². The monoisotopic (exact) mass is 721 g/mol. The molecule has 3 aromatic heterocycles. The van der Waals surface area contributed by atoms with E-state index < -0.39 is 0 Å². The Balaban J connectivity index is 1.07. The predicted molar refractivity (Wildman–Crippen MR) is 226 cm³/mol. The highest BCUT2D eigenvalue weighted by Crippen LogP contribution is 2.40. The van der Waals surface area contributed by atoms with E-state index in [0.29, 0.717) is 23.3 Å². The first-order valence-electron chi connectivity index (χ1n) is 18.2. The average Bonchev–Trinajstić information content (AvgIpc) is 3.64. The minimum absolute atomic E-state index is 0.647. The van der Waals surface area contributed by atoms with Crippen molar-refractivity contribution in [2.24, 2.45) is 0 Å². The Labute approximate surface area is 322 Å². The summed E-state index contributed by atoms with van der Waals surface area (Å²) in [5, 5.41) is 2.39. The molecule has 10 rings (SSSR count). The zero-order valence-corrected chi connectivity index (χ0v) is 30.4. The second kappa shape index (κ2) is 14.0. The lowest BCUT2D eigenvalue weighted by molar-refractivity contribution is 1.07. The molecular formula is C49H31N5S. The van der Waals surface area contributed by atoms with E-state index in [1.165, 1.54) is 20.2 Å². The molecule has 0 aliphatic carbocycles. The molecule has 0 atom stereocenters. The minimum atomic E-state index is 0.647. The molecule has 258 valence electrons. The van der Waals surface area contributed by atoms with Gasteiger partial charge in [-0.15, -0.1) is 11.3 Å². The SMILES string of the molecule is c1ccc(-c2cc(-c3ccccc3)nc(-c3ccccc3-c3ccc4sc5cc(-c6nc(-c7ccccc7)nc(-c7ccccc7)n6)ccc5c4c3)n2)cc1. The zero-order chi connectivity index (χ0) is 36.6. The van der Waals surface area contributed by atoms with Gasteiger partial charge in [0.15, 0.2) is 23.3 Å². The van der Waals surface area contributed by atoms with Crippen molar-refractivity contribution in [1.82, 2.24) is 24.9 Å². The number of fused-ring (bicyclic) bond motifs is 3. The third-order valence-corrected chi connectivity index (χ3v) is 10.9. The summed E-state index contributed by atoms with van der Waals surface area (Å²) in [5.74, 6) is 2.64. The molecule has 6 heteroatoms. The molecule has 0 aliphatic heterocycles. The third kappa shape index (κ3) is 6.35. The highest BCUT2D eigenvalue weighted by molar-refractivity contribution is 7.25. The lowest BCUT2D eigenvalue weighted by Gasteiger charge is -2.13. The van der Waals surface area contributed by atoms with Gasteiger partial charge in [0, 0.05) is 53.6 Å². The summed E-state index contributed by atoms with van der Waals surface area (Å²) in [6.07, 6.45) is 0. The molecule has 0 amide bonds. The van der Waals surface area contributed by atoms with Crippen molar-refractivity contribution in [3.05, 3.63) is 188 Å². The lowest BCUT2D eigenvalue weighted by Crippen LogP contribution is -1.99. The third-order valence-electron chi connectivity index (χ3n) is 9.77. The van der Waals surface area contributed by atoms with Crippen LogP contribution in [0.4, 0.5) is 0 Å². The van der Waals surface area contributed by atoms with Crippen LogP contribution in [-0.4, -0.2) is 24.9 Å². The van der Waals surface area contributed by atoms with Crippen molar-refractivity contribution in [3.63, 3.8) is 0 Å². The first-order valence-corrected chi connectivity index (χ1v) is 19.0. The highest BCUT2D eigenvalue weighted by atomic mass is 32.1. The van der Waals surface area contributed by atoms with E-state index >= 15 is 0 Å². The quantitative estimate of drug-likeness (QED) is 0.164. The van der Waals surface area contributed by atoms with E-state index in [2.05, 4.69) is 91.0 Å². The molecule has 0 saturated carbocycles. The maximum atomic E-state index is 5.15. The number of hydrogen-bond acceptors (Lipinski definition) is 6. The molecule has 0 saturated heterocycles. The number of aromatic nitrogens is 5. The van der Waals surface area contributed by atoms with Gasteiger partial charge < -0.3 is 0 Å². The standard InChI is InChI=1S/C49H31N5S/c1-5-15-32(16-6-1)42-31-43(33-17-7-2-8-18-33)51-49(50-42)40-24-14-13-23-38(40)36-26-28-44-41(29-36)39-27-25-37(30-45(39)55-44)48-53-46(34-19-9-3-10-20-34)52-47(54-48)35-21-11-4-12-22-35/h1-31H. The fraction of sp³-hybridized carbons (Fsp3) is 0. The van der Waals surface area contributed by atoms with Crippen LogP contribution in [0.25, 0.3) is 99.4 Å². The summed E-state index contributed by atoms with van der Waals surface area (Å²) in [6, 6.07) is 64.6. The molecule has 0 radical (unpaired) electrons. The van der Waals surface area contributed by atoms with Gasteiger partial charge in [-0.3, -0.25) is 0 Å². The Morgan fingerprint density at radius 2 is 0.745 bits per heavy atom. The average molecular weight is 722 g/mol. The topological polar surface area (TPSA) is 64.5 Å². The molecule has 0 unspecified atom stereocenters. The van der Waals surface area contributed by atoms with E-state index in [-0.39, 0.29) is 0 Å². The summed E-state index contributed by atoms with van der Waals surface area (Å²) < 4.78 is 2.39. The van der Waals surface area contributed by atoms with Crippen molar-refractivity contribution in [3.8, 4) is 79.2 Å². The largest absolute Gasteiger partial charge is 0.228 e. The first-order chi connectivity index (χ1) is 27.2. The van der Waals surface area contributed by atoms with E-state index in [1.54, 1.807) is 11.3 Å². The summed E-state index contributed by atoms with van der Waals surface area (Å²) in [4.78, 5) is 25.1. The molecule has 55 heavy (non-hydrogen) atoms. The number of thiophene rings is 1. The number of hydrogen-bond donors (Lipinski definition) is 0. The summed E-state index contributed by atoms with van der Waals surface area (Å²) in [5.41, 5.74) is 9.91. The van der Waals surface area contributed by atoms with Crippen molar-refractivity contribution < 1.29 is 0 Å². The van der Waals surface area contributed by atoms with Gasteiger partial charge >= 0.3 is 0 Å². The molecule has 0 fully saturated rings. The molecule has 0 aliphatic rings. The highest BCUT2D eigenvalue weighted by Gasteiger charge is 2.17. The van der Waals surface area contributed by atoms with Gasteiger partial charge in [0.1, 0.15) is 0 Å². The molecule has 0 bridgehead atoms. The summed E-state index contributed by atoms with van der Waals surface area (Å²) >= 11 is 1.78. The van der Waals surface area contributed by atoms with Crippen molar-refractivity contribution in [2.45, 2.75) is 0 Å². The summed E-state index contributed by atoms with van der Waals surface area (Å²) in [7, 11) is 0. The van der Waals surface area contributed by atoms with Crippen LogP contribution >= 0.6 is 11.3 Å². The van der Waals surface area contributed by atoms with Crippen LogP contribution in [0.5, 0.6) is 0 Å². The molecular weight excluding hydrogens is 691 g/mol. The lowest BCUT2D eigenvalue weighted by atomic mass is 9.97. The Kier molecular flexibility index (Phi) is 8.28. The van der Waals surface area contributed by atoms with E-state index in [0.717, 1.165) is 55.9 Å². The second-order valence-corrected chi connectivity index (χ2v) is 14.4. The van der Waals surface area contributed by atoms with Crippen LogP contribution in [-0.2, 0) is 0 Å². The van der Waals surface area contributed by atoms with Crippen LogP contribution in [0.1, 0.15) is 0 Å². The Morgan fingerprint density at radius 3 is 1.31 bits per heavy atom. The minimum Gasteiger partial charge on any atom is -0.228 e. The molecule has 7 aromatic carbocycles. The number of nitrogens with zero attached hydrogens (tertiary/aromatic N) is 5. The maximum absolute atomic E-state index is 5.15. The molecule has 0 N–H and O–H groups in total. The zero-order valence-electron chi connectivity index (χ0n) is 29.5. The molecule has 10 aromatic rings. The van der Waals surface area contributed by atoms with Crippen molar-refractivity contribution in [2.75, 3.05) is 0 Å². The number of benzene rings is 7. The van der Waals surface area contributed by atoms with E-state index in [9.17, 15) is 0 Å². The fourth-order valence-electron chi connectivity index (χ4n) is 7.03. The van der Waals surface area contributed by atoms with Crippen LogP contribution < -0.4 is 0 Å². The summed E-state index contributed by atoms with van der Waals surface area (Å²) in [6.45, 7) is 0. The van der Waals surface area contributed by atoms with Crippen LogP contribution in [0.15, 0.2) is 188 Å². The van der Waals surface area contributed by atoms with Crippen molar-refractivity contribution >= 4 is 31.5 Å². The van der Waals surface area contributed by atoms with Gasteiger partial charge in [0.05, 0.1) is 11.4 Å². The van der Waals surface area contributed by atoms with Gasteiger partial charge in [-0.1, -0.05) is 164 Å².